The normalized spacial score (nSPS) is 11.3. The minimum Gasteiger partial charge on any atom is -0.497 e. The molecule has 0 amide bonds. The molecule has 5 nitrogen and oxygen atoms in total. The van der Waals surface area contributed by atoms with Gasteiger partial charge in [-0.2, -0.15) is 0 Å². The fourth-order valence-electron chi connectivity index (χ4n) is 2.44. The third kappa shape index (κ3) is 4.56. The van der Waals surface area contributed by atoms with E-state index >= 15 is 0 Å². The van der Waals surface area contributed by atoms with Crippen LogP contribution in [0.3, 0.4) is 0 Å². The number of thiazole rings is 1. The minimum atomic E-state index is 0.0682. The minimum absolute atomic E-state index is 0.0682. The summed E-state index contributed by atoms with van der Waals surface area (Å²) in [6.07, 6.45) is 1.75. The highest BCUT2D eigenvalue weighted by Crippen LogP contribution is 2.30. The van der Waals surface area contributed by atoms with E-state index in [1.807, 2.05) is 62.4 Å². The second-order valence-corrected chi connectivity index (χ2v) is 7.68. The molecule has 0 radical (unpaired) electrons. The number of rotatable bonds is 6. The highest BCUT2D eigenvalue weighted by molar-refractivity contribution is 7.73. The quantitative estimate of drug-likeness (QED) is 0.437. The van der Waals surface area contributed by atoms with Crippen molar-refractivity contribution in [2.75, 3.05) is 7.11 Å². The zero-order valence-corrected chi connectivity index (χ0v) is 16.9. The summed E-state index contributed by atoms with van der Waals surface area (Å²) in [7, 11) is 1.61. The number of hydrogen-bond donors (Lipinski definition) is 1. The molecule has 140 valence electrons. The van der Waals surface area contributed by atoms with E-state index in [9.17, 15) is 5.11 Å². The van der Waals surface area contributed by atoms with Gasteiger partial charge >= 0.3 is 0 Å². The summed E-state index contributed by atoms with van der Waals surface area (Å²) in [6, 6.07) is 14.8. The van der Waals surface area contributed by atoms with Crippen molar-refractivity contribution in [2.24, 2.45) is 4.99 Å². The fourth-order valence-corrected chi connectivity index (χ4v) is 3.66. The van der Waals surface area contributed by atoms with Gasteiger partial charge in [0, 0.05) is 0 Å². The number of ether oxygens (including phenoxy) is 2. The number of aromatic nitrogens is 1. The molecule has 1 heterocycles. The molecule has 0 bridgehead atoms. The molecular weight excluding hydrogens is 380 g/mol. The lowest BCUT2D eigenvalue weighted by Crippen LogP contribution is -2.04. The summed E-state index contributed by atoms with van der Waals surface area (Å²) in [5.41, 5.74) is 1.53. The molecule has 1 N–H and O–H groups in total. The number of benzene rings is 2. The molecule has 0 atom stereocenters. The van der Waals surface area contributed by atoms with Crippen LogP contribution in [0.5, 0.6) is 17.4 Å². The predicted molar refractivity (Wildman–Crippen MR) is 112 cm³/mol. The van der Waals surface area contributed by atoms with E-state index in [1.165, 1.54) is 11.3 Å². The van der Waals surface area contributed by atoms with Crippen LogP contribution in [0.15, 0.2) is 53.5 Å². The molecular formula is C20H20N2O3S2. The number of aromatic hydroxyl groups is 1. The molecule has 3 aromatic rings. The first-order valence-corrected chi connectivity index (χ1v) is 9.60. The average Bonchev–Trinajstić information content (AvgIpc) is 2.94. The zero-order valence-electron chi connectivity index (χ0n) is 15.2. The van der Waals surface area contributed by atoms with Gasteiger partial charge in [0.15, 0.2) is 3.95 Å². The molecule has 27 heavy (non-hydrogen) atoms. The molecule has 0 aliphatic heterocycles. The van der Waals surface area contributed by atoms with Crippen molar-refractivity contribution in [3.63, 3.8) is 0 Å². The van der Waals surface area contributed by atoms with Gasteiger partial charge in [-0.3, -0.25) is 9.56 Å². The van der Waals surface area contributed by atoms with Crippen LogP contribution >= 0.6 is 23.6 Å². The van der Waals surface area contributed by atoms with Crippen molar-refractivity contribution >= 4 is 35.5 Å². The summed E-state index contributed by atoms with van der Waals surface area (Å²) in [5.74, 6) is 1.61. The lowest BCUT2D eigenvalue weighted by molar-refractivity contribution is 0.242. The van der Waals surface area contributed by atoms with Crippen LogP contribution in [0.4, 0.5) is 5.69 Å². The Morgan fingerprint density at radius 1 is 1.07 bits per heavy atom. The maximum Gasteiger partial charge on any atom is 0.216 e. The molecule has 2 aromatic carbocycles. The standard InChI is InChI=1S/C20H20N2O3S2/c1-13(2)25-17-8-4-14(5-9-17)21-12-18-19(23)22(20(26)27-18)15-6-10-16(24-3)11-7-15/h4-13,23H,1-3H3. The summed E-state index contributed by atoms with van der Waals surface area (Å²) in [6.45, 7) is 3.96. The van der Waals surface area contributed by atoms with E-state index in [-0.39, 0.29) is 12.0 Å². The topological polar surface area (TPSA) is 56.0 Å². The summed E-state index contributed by atoms with van der Waals surface area (Å²) < 4.78 is 12.9. The van der Waals surface area contributed by atoms with Gasteiger partial charge in [-0.05, 0) is 74.6 Å². The fraction of sp³-hybridized carbons (Fsp3) is 0.200. The molecule has 0 spiro atoms. The monoisotopic (exact) mass is 400 g/mol. The molecule has 3 rings (SSSR count). The first-order chi connectivity index (χ1) is 13.0. The predicted octanol–water partition coefficient (Wildman–Crippen LogP) is 5.52. The molecule has 1 aromatic heterocycles. The Hall–Kier alpha value is -2.64. The number of hydrogen-bond acceptors (Lipinski definition) is 6. The van der Waals surface area contributed by atoms with Gasteiger partial charge < -0.3 is 14.6 Å². The second-order valence-electron chi connectivity index (χ2n) is 6.01. The van der Waals surface area contributed by atoms with E-state index < -0.39 is 0 Å². The van der Waals surface area contributed by atoms with Gasteiger partial charge in [0.1, 0.15) is 16.4 Å². The van der Waals surface area contributed by atoms with Crippen molar-refractivity contribution in [3.8, 4) is 23.1 Å². The van der Waals surface area contributed by atoms with Crippen LogP contribution in [-0.4, -0.2) is 29.1 Å². The van der Waals surface area contributed by atoms with Crippen LogP contribution in [0, 0.1) is 3.95 Å². The average molecular weight is 401 g/mol. The van der Waals surface area contributed by atoms with E-state index in [4.69, 9.17) is 21.7 Å². The van der Waals surface area contributed by atoms with Crippen molar-refractivity contribution in [1.82, 2.24) is 4.57 Å². The van der Waals surface area contributed by atoms with Gasteiger partial charge in [0.2, 0.25) is 5.88 Å². The van der Waals surface area contributed by atoms with E-state index in [2.05, 4.69) is 4.99 Å². The summed E-state index contributed by atoms with van der Waals surface area (Å²) >= 11 is 6.70. The first kappa shape index (κ1) is 19.1. The van der Waals surface area contributed by atoms with Crippen LogP contribution in [0.2, 0.25) is 0 Å². The largest absolute Gasteiger partial charge is 0.497 e. The molecule has 0 saturated carbocycles. The third-order valence-corrected chi connectivity index (χ3v) is 4.98. The van der Waals surface area contributed by atoms with E-state index in [0.717, 1.165) is 22.9 Å². The highest BCUT2D eigenvalue weighted by Gasteiger charge is 2.12. The van der Waals surface area contributed by atoms with Crippen LogP contribution in [0.1, 0.15) is 18.7 Å². The van der Waals surface area contributed by atoms with Crippen LogP contribution < -0.4 is 9.47 Å². The lowest BCUT2D eigenvalue weighted by Gasteiger charge is -2.08. The number of aliphatic imine (C=N–C) groups is 1. The van der Waals surface area contributed by atoms with Crippen molar-refractivity contribution in [2.45, 2.75) is 20.0 Å². The van der Waals surface area contributed by atoms with Gasteiger partial charge in [0.05, 0.1) is 30.8 Å². The summed E-state index contributed by atoms with van der Waals surface area (Å²) in [5, 5.41) is 10.6. The van der Waals surface area contributed by atoms with Gasteiger partial charge in [0.25, 0.3) is 0 Å². The lowest BCUT2D eigenvalue weighted by atomic mass is 10.3. The third-order valence-electron chi connectivity index (χ3n) is 3.68. The maximum atomic E-state index is 10.6. The van der Waals surface area contributed by atoms with E-state index in [1.54, 1.807) is 17.9 Å². The Bertz CT molecular complexity index is 988. The number of nitrogens with zero attached hydrogens (tertiary/aromatic N) is 2. The van der Waals surface area contributed by atoms with Crippen molar-refractivity contribution in [1.29, 1.82) is 0 Å². The van der Waals surface area contributed by atoms with Gasteiger partial charge in [-0.1, -0.05) is 11.3 Å². The van der Waals surface area contributed by atoms with Gasteiger partial charge in [-0.25, -0.2) is 0 Å². The Morgan fingerprint density at radius 3 is 2.30 bits per heavy atom. The zero-order chi connectivity index (χ0) is 19.4. The molecule has 0 aliphatic carbocycles. The first-order valence-electron chi connectivity index (χ1n) is 8.38. The Kier molecular flexibility index (Phi) is 5.93. The Balaban J connectivity index is 1.83. The second kappa shape index (κ2) is 8.37. The van der Waals surface area contributed by atoms with Crippen LogP contribution in [0.25, 0.3) is 5.69 Å². The Labute approximate surface area is 167 Å². The maximum absolute atomic E-state index is 10.6. The van der Waals surface area contributed by atoms with Gasteiger partial charge in [-0.15, -0.1) is 0 Å². The SMILES string of the molecule is COc1ccc(-n2c(O)c(C=Nc3ccc(OC(C)C)cc3)sc2=S)cc1. The highest BCUT2D eigenvalue weighted by atomic mass is 32.1. The van der Waals surface area contributed by atoms with Crippen molar-refractivity contribution in [3.05, 3.63) is 57.4 Å². The van der Waals surface area contributed by atoms with Crippen LogP contribution in [-0.2, 0) is 0 Å². The summed E-state index contributed by atoms with van der Waals surface area (Å²) in [4.78, 5) is 5.02. The molecule has 7 heteroatoms. The smallest absolute Gasteiger partial charge is 0.216 e. The molecule has 0 saturated heterocycles. The molecule has 0 unspecified atom stereocenters. The number of methoxy groups -OCH3 is 1. The van der Waals surface area contributed by atoms with E-state index in [0.29, 0.717) is 8.83 Å². The molecule has 0 fully saturated rings. The Morgan fingerprint density at radius 2 is 1.70 bits per heavy atom. The molecule has 0 aliphatic rings. The van der Waals surface area contributed by atoms with Crippen molar-refractivity contribution < 1.29 is 14.6 Å².